The summed E-state index contributed by atoms with van der Waals surface area (Å²) >= 11 is 0. The number of hydrogen-bond donors (Lipinski definition) is 0. The lowest BCUT2D eigenvalue weighted by atomic mass is 10.2. The highest BCUT2D eigenvalue weighted by molar-refractivity contribution is 5.08. The molecule has 0 radical (unpaired) electrons. The fourth-order valence-corrected chi connectivity index (χ4v) is 5.43. The van der Waals surface area contributed by atoms with Gasteiger partial charge in [-0.2, -0.15) is 0 Å². The molecule has 0 amide bonds. The Hall–Kier alpha value is -5.94. The predicted molar refractivity (Wildman–Crippen MR) is 212 cm³/mol. The molecule has 57 heavy (non-hydrogen) atoms. The van der Waals surface area contributed by atoms with Crippen molar-refractivity contribution in [1.82, 2.24) is 89.7 Å². The second-order valence-electron chi connectivity index (χ2n) is 13.5. The maximum Gasteiger partial charge on any atom is 0.140 e. The number of aromatic nitrogens is 18. The summed E-state index contributed by atoms with van der Waals surface area (Å²) in [5, 5.41) is 0. The molecule has 0 atom stereocenters. The topological polar surface area (TPSA) is 232 Å². The summed E-state index contributed by atoms with van der Waals surface area (Å²) in [6.45, 7) is 25.3. The van der Waals surface area contributed by atoms with Crippen molar-refractivity contribution in [1.29, 1.82) is 0 Å². The molecule has 0 fully saturated rings. The average molecular weight is 775 g/mol. The van der Waals surface area contributed by atoms with Gasteiger partial charge in [-0.05, 0) is 48.5 Å². The molecule has 6 aromatic rings. The van der Waals surface area contributed by atoms with E-state index < -0.39 is 0 Å². The highest BCUT2D eigenvalue weighted by Gasteiger charge is 2.12. The van der Waals surface area contributed by atoms with Gasteiger partial charge in [-0.25, -0.2) is 89.7 Å². The standard InChI is InChI=1S/3C13H18N6/c1-7(2)13-18-10(5)17-12(19-13)6-11-15-8(3)14-9(4)16-11;1-5-10-14-8(3)16-12(18-10)7-13-17-9(4)15-11(6-2)19-13;1-5-10-17-11(6-2)19-13(18-10)7-12-15-8(3)14-9(4)16-12/h7H,6H2,1-5H3;2*5-7H2,1-4H3. The third kappa shape index (κ3) is 14.3. The minimum Gasteiger partial charge on any atom is -0.219 e. The first-order valence-corrected chi connectivity index (χ1v) is 19.4. The second-order valence-corrected chi connectivity index (χ2v) is 13.5. The number of rotatable bonds is 11. The van der Waals surface area contributed by atoms with Crippen molar-refractivity contribution in [3.8, 4) is 0 Å². The van der Waals surface area contributed by atoms with Crippen LogP contribution in [0.4, 0.5) is 0 Å². The van der Waals surface area contributed by atoms with E-state index in [9.17, 15) is 0 Å². The first-order valence-electron chi connectivity index (χ1n) is 19.4. The van der Waals surface area contributed by atoms with Crippen LogP contribution in [0.25, 0.3) is 0 Å². The Morgan fingerprint density at radius 3 is 0.789 bits per heavy atom. The Labute approximate surface area is 334 Å². The monoisotopic (exact) mass is 774 g/mol. The molecule has 0 bridgehead atoms. The van der Waals surface area contributed by atoms with Crippen LogP contribution in [0, 0.1) is 48.5 Å². The van der Waals surface area contributed by atoms with Gasteiger partial charge < -0.3 is 0 Å². The molecular formula is C39H54N18. The summed E-state index contributed by atoms with van der Waals surface area (Å²) in [7, 11) is 0. The van der Waals surface area contributed by atoms with Crippen LogP contribution < -0.4 is 0 Å². The number of hydrogen-bond acceptors (Lipinski definition) is 18. The van der Waals surface area contributed by atoms with Crippen LogP contribution in [-0.2, 0) is 44.9 Å². The van der Waals surface area contributed by atoms with Crippen LogP contribution in [0.15, 0.2) is 0 Å². The van der Waals surface area contributed by atoms with Crippen LogP contribution in [-0.4, -0.2) is 89.7 Å². The molecule has 0 saturated heterocycles. The van der Waals surface area contributed by atoms with E-state index in [4.69, 9.17) is 0 Å². The van der Waals surface area contributed by atoms with Gasteiger partial charge in [-0.3, -0.25) is 0 Å². The van der Waals surface area contributed by atoms with E-state index in [1.165, 1.54) is 0 Å². The third-order valence-corrected chi connectivity index (χ3v) is 7.81. The molecule has 6 heterocycles. The lowest BCUT2D eigenvalue weighted by Crippen LogP contribution is -2.10. The van der Waals surface area contributed by atoms with Crippen molar-refractivity contribution in [3.05, 3.63) is 105 Å². The second kappa shape index (κ2) is 20.8. The zero-order chi connectivity index (χ0) is 41.6. The summed E-state index contributed by atoms with van der Waals surface area (Å²) < 4.78 is 0. The Bertz CT molecular complexity index is 2090. The van der Waals surface area contributed by atoms with E-state index in [1.54, 1.807) is 0 Å². The maximum absolute atomic E-state index is 4.47. The first kappa shape index (κ1) is 43.8. The van der Waals surface area contributed by atoms with Crippen molar-refractivity contribution in [2.75, 3.05) is 0 Å². The fraction of sp³-hybridized carbons (Fsp3) is 0.538. The molecular weight excluding hydrogens is 721 g/mol. The van der Waals surface area contributed by atoms with Gasteiger partial charge in [0.25, 0.3) is 0 Å². The molecule has 0 spiro atoms. The molecule has 0 aliphatic rings. The van der Waals surface area contributed by atoms with Crippen molar-refractivity contribution in [2.45, 2.75) is 141 Å². The molecule has 6 rings (SSSR count). The first-order chi connectivity index (χ1) is 27.1. The summed E-state index contributed by atoms with van der Waals surface area (Å²) in [6, 6.07) is 0. The summed E-state index contributed by atoms with van der Waals surface area (Å²) in [4.78, 5) is 78.0. The number of nitrogens with zero attached hydrogens (tertiary/aromatic N) is 18. The summed E-state index contributed by atoms with van der Waals surface area (Å²) in [6.07, 6.45) is 4.75. The van der Waals surface area contributed by atoms with Gasteiger partial charge in [0.15, 0.2) is 0 Å². The van der Waals surface area contributed by atoms with Crippen molar-refractivity contribution >= 4 is 0 Å². The van der Waals surface area contributed by atoms with E-state index in [0.29, 0.717) is 36.7 Å². The van der Waals surface area contributed by atoms with Crippen molar-refractivity contribution in [3.63, 3.8) is 0 Å². The lowest BCUT2D eigenvalue weighted by molar-refractivity contribution is 0.713. The van der Waals surface area contributed by atoms with Gasteiger partial charge in [0.1, 0.15) is 105 Å². The fourth-order valence-electron chi connectivity index (χ4n) is 5.43. The SMILES string of the molecule is CCc1nc(C)nc(Cc2nc(C)nc(CC)n2)n1.CCc1nc(CC)nc(Cc2nc(C)nc(C)n2)n1.Cc1nc(C)nc(Cc2nc(C)nc(C(C)C)n2)n1. The van der Waals surface area contributed by atoms with E-state index in [2.05, 4.69) is 104 Å². The van der Waals surface area contributed by atoms with Crippen LogP contribution in [0.1, 0.15) is 152 Å². The van der Waals surface area contributed by atoms with Gasteiger partial charge >= 0.3 is 0 Å². The largest absolute Gasteiger partial charge is 0.219 e. The van der Waals surface area contributed by atoms with Crippen LogP contribution in [0.3, 0.4) is 0 Å². The molecule has 0 saturated carbocycles. The highest BCUT2D eigenvalue weighted by Crippen LogP contribution is 2.11. The quantitative estimate of drug-likeness (QED) is 0.177. The molecule has 18 heteroatoms. The van der Waals surface area contributed by atoms with Gasteiger partial charge in [0, 0.05) is 31.6 Å². The van der Waals surface area contributed by atoms with Crippen LogP contribution in [0.2, 0.25) is 0 Å². The molecule has 0 aliphatic carbocycles. The molecule has 18 nitrogen and oxygen atoms in total. The lowest BCUT2D eigenvalue weighted by Gasteiger charge is -2.07. The van der Waals surface area contributed by atoms with Gasteiger partial charge in [-0.1, -0.05) is 41.5 Å². The van der Waals surface area contributed by atoms with Gasteiger partial charge in [-0.15, -0.1) is 0 Å². The van der Waals surface area contributed by atoms with E-state index in [1.807, 2.05) is 76.2 Å². The van der Waals surface area contributed by atoms with Crippen molar-refractivity contribution < 1.29 is 0 Å². The van der Waals surface area contributed by atoms with Crippen molar-refractivity contribution in [2.24, 2.45) is 0 Å². The zero-order valence-corrected chi connectivity index (χ0v) is 35.6. The average Bonchev–Trinajstić information content (AvgIpc) is 3.13. The van der Waals surface area contributed by atoms with Crippen LogP contribution in [0.5, 0.6) is 0 Å². The maximum atomic E-state index is 4.47. The highest BCUT2D eigenvalue weighted by atomic mass is 15.1. The smallest absolute Gasteiger partial charge is 0.140 e. The molecule has 300 valence electrons. The zero-order valence-electron chi connectivity index (χ0n) is 35.6. The molecule has 6 aromatic heterocycles. The van der Waals surface area contributed by atoms with E-state index in [-0.39, 0.29) is 5.92 Å². The Kier molecular flexibility index (Phi) is 16.0. The Balaban J connectivity index is 0.000000189. The number of aryl methyl sites for hydroxylation is 11. The van der Waals surface area contributed by atoms with E-state index >= 15 is 0 Å². The minimum absolute atomic E-state index is 0.280. The Morgan fingerprint density at radius 2 is 0.474 bits per heavy atom. The van der Waals surface area contributed by atoms with Gasteiger partial charge in [0.2, 0.25) is 0 Å². The van der Waals surface area contributed by atoms with Crippen LogP contribution >= 0.6 is 0 Å². The van der Waals surface area contributed by atoms with Gasteiger partial charge in [0.05, 0.1) is 19.3 Å². The Morgan fingerprint density at radius 1 is 0.263 bits per heavy atom. The minimum atomic E-state index is 0.280. The predicted octanol–water partition coefficient (Wildman–Crippen LogP) is 4.47. The summed E-state index contributed by atoms with van der Waals surface area (Å²) in [5.41, 5.74) is 0. The molecule has 0 unspecified atom stereocenters. The molecule has 0 aliphatic heterocycles. The molecule has 0 N–H and O–H groups in total. The third-order valence-electron chi connectivity index (χ3n) is 7.81. The normalized spacial score (nSPS) is 10.8. The van der Waals surface area contributed by atoms with E-state index in [0.717, 1.165) is 113 Å². The summed E-state index contributed by atoms with van der Waals surface area (Å²) in [5.74, 6) is 13.7. The molecule has 0 aromatic carbocycles.